The summed E-state index contributed by atoms with van der Waals surface area (Å²) in [7, 11) is 1.96. The van der Waals surface area contributed by atoms with Gasteiger partial charge in [0.05, 0.1) is 6.54 Å². The topological polar surface area (TPSA) is 25.2 Å². The number of aromatic nitrogens is 1. The first-order chi connectivity index (χ1) is 8.22. The highest BCUT2D eigenvalue weighted by molar-refractivity contribution is 5.97. The first-order valence-electron chi connectivity index (χ1n) is 6.61. The average Bonchev–Trinajstić information content (AvgIpc) is 3.18. The molecule has 2 saturated carbocycles. The molecule has 1 aromatic heterocycles. The number of hydrogen-bond donors (Lipinski definition) is 0. The quantitative estimate of drug-likeness (QED) is 0.702. The normalized spacial score (nSPS) is 19.9. The van der Waals surface area contributed by atoms with Crippen LogP contribution >= 0.6 is 0 Å². The Morgan fingerprint density at radius 3 is 2.71 bits per heavy atom. The number of Topliss-reactive ketones (excluding diaryl/α,β-unsaturated/α-hetero) is 1. The monoisotopic (exact) mass is 232 g/mol. The van der Waals surface area contributed by atoms with E-state index in [1.54, 1.807) is 0 Å². The minimum Gasteiger partial charge on any atom is -0.357 e. The standard InChI is InChI=1S/C14H20N2O/c1-15-7-6-12(9-15)14(17)10-16(13-4-5-13)8-11-2-3-11/h6-7,9,11,13H,2-5,8,10H2,1H3. The highest BCUT2D eigenvalue weighted by atomic mass is 16.1. The van der Waals surface area contributed by atoms with Gasteiger partial charge in [-0.2, -0.15) is 0 Å². The van der Waals surface area contributed by atoms with Crippen molar-refractivity contribution >= 4 is 5.78 Å². The van der Waals surface area contributed by atoms with Crippen LogP contribution < -0.4 is 0 Å². The Balaban J connectivity index is 1.61. The summed E-state index contributed by atoms with van der Waals surface area (Å²) in [6, 6.07) is 2.62. The van der Waals surface area contributed by atoms with E-state index in [-0.39, 0.29) is 5.78 Å². The second-order valence-corrected chi connectivity index (χ2v) is 5.59. The van der Waals surface area contributed by atoms with Gasteiger partial charge in [-0.1, -0.05) is 0 Å². The van der Waals surface area contributed by atoms with Gasteiger partial charge in [-0.3, -0.25) is 9.69 Å². The lowest BCUT2D eigenvalue weighted by Crippen LogP contribution is -2.33. The predicted octanol–water partition coefficient (Wildman–Crippen LogP) is 2.08. The molecule has 1 aromatic rings. The van der Waals surface area contributed by atoms with Crippen molar-refractivity contribution in [3.63, 3.8) is 0 Å². The molecule has 92 valence electrons. The molecule has 3 nitrogen and oxygen atoms in total. The number of hydrogen-bond acceptors (Lipinski definition) is 2. The molecule has 0 atom stereocenters. The number of aryl methyl sites for hydroxylation is 1. The molecular weight excluding hydrogens is 212 g/mol. The van der Waals surface area contributed by atoms with Gasteiger partial charge in [0.15, 0.2) is 5.78 Å². The van der Waals surface area contributed by atoms with Gasteiger partial charge >= 0.3 is 0 Å². The van der Waals surface area contributed by atoms with Crippen LogP contribution in [0.15, 0.2) is 18.5 Å². The molecule has 17 heavy (non-hydrogen) atoms. The van der Waals surface area contributed by atoms with Crippen molar-refractivity contribution in [3.05, 3.63) is 24.0 Å². The molecule has 0 amide bonds. The Morgan fingerprint density at radius 2 is 2.18 bits per heavy atom. The van der Waals surface area contributed by atoms with Gasteiger partial charge in [0.2, 0.25) is 0 Å². The van der Waals surface area contributed by atoms with Crippen molar-refractivity contribution in [2.45, 2.75) is 31.7 Å². The molecular formula is C14H20N2O. The lowest BCUT2D eigenvalue weighted by Gasteiger charge is -2.20. The molecule has 2 aliphatic carbocycles. The molecule has 1 heterocycles. The molecule has 2 aliphatic rings. The number of ketones is 1. The van der Waals surface area contributed by atoms with Crippen LogP contribution in [0.25, 0.3) is 0 Å². The van der Waals surface area contributed by atoms with Gasteiger partial charge in [-0.25, -0.2) is 0 Å². The Labute approximate surface area is 102 Å². The fourth-order valence-corrected chi connectivity index (χ4v) is 2.36. The van der Waals surface area contributed by atoms with E-state index in [0.717, 1.165) is 18.0 Å². The highest BCUT2D eigenvalue weighted by Gasteiger charge is 2.34. The van der Waals surface area contributed by atoms with E-state index in [1.165, 1.54) is 25.7 Å². The van der Waals surface area contributed by atoms with Gasteiger partial charge < -0.3 is 4.57 Å². The largest absolute Gasteiger partial charge is 0.357 e. The Morgan fingerprint density at radius 1 is 1.41 bits per heavy atom. The lowest BCUT2D eigenvalue weighted by atomic mass is 10.2. The molecule has 0 saturated heterocycles. The van der Waals surface area contributed by atoms with E-state index in [9.17, 15) is 4.79 Å². The van der Waals surface area contributed by atoms with Crippen LogP contribution in [0, 0.1) is 5.92 Å². The van der Waals surface area contributed by atoms with Gasteiger partial charge in [0.25, 0.3) is 0 Å². The molecule has 0 aliphatic heterocycles. The van der Waals surface area contributed by atoms with Gasteiger partial charge in [0, 0.05) is 37.6 Å². The minimum absolute atomic E-state index is 0.276. The third kappa shape index (κ3) is 2.78. The van der Waals surface area contributed by atoms with Crippen LogP contribution in [0.3, 0.4) is 0 Å². The summed E-state index contributed by atoms with van der Waals surface area (Å²) in [6.07, 6.45) is 9.16. The number of carbonyl (C=O) groups excluding carboxylic acids is 1. The van der Waals surface area contributed by atoms with Gasteiger partial charge in [-0.15, -0.1) is 0 Å². The summed E-state index contributed by atoms with van der Waals surface area (Å²) in [5, 5.41) is 0. The summed E-state index contributed by atoms with van der Waals surface area (Å²) in [5.74, 6) is 1.15. The Kier molecular flexibility index (Phi) is 2.79. The maximum atomic E-state index is 12.1. The van der Waals surface area contributed by atoms with Crippen LogP contribution in [0.1, 0.15) is 36.0 Å². The summed E-state index contributed by atoms with van der Waals surface area (Å²) in [6.45, 7) is 1.76. The minimum atomic E-state index is 0.276. The summed E-state index contributed by atoms with van der Waals surface area (Å²) in [5.41, 5.74) is 0.856. The van der Waals surface area contributed by atoms with Crippen LogP contribution in [-0.2, 0) is 7.05 Å². The number of rotatable bonds is 6. The average molecular weight is 232 g/mol. The van der Waals surface area contributed by atoms with Crippen LogP contribution in [0.2, 0.25) is 0 Å². The zero-order chi connectivity index (χ0) is 11.8. The molecule has 0 radical (unpaired) electrons. The number of nitrogens with zero attached hydrogens (tertiary/aromatic N) is 2. The molecule has 0 N–H and O–H groups in total. The fourth-order valence-electron chi connectivity index (χ4n) is 2.36. The van der Waals surface area contributed by atoms with Crippen molar-refractivity contribution in [1.82, 2.24) is 9.47 Å². The SMILES string of the molecule is Cn1ccc(C(=O)CN(CC2CC2)C2CC2)c1. The van der Waals surface area contributed by atoms with E-state index in [1.807, 2.05) is 30.1 Å². The Hall–Kier alpha value is -1.09. The molecule has 3 heteroatoms. The van der Waals surface area contributed by atoms with Crippen LogP contribution in [-0.4, -0.2) is 34.4 Å². The smallest absolute Gasteiger partial charge is 0.178 e. The summed E-state index contributed by atoms with van der Waals surface area (Å²) in [4.78, 5) is 14.6. The van der Waals surface area contributed by atoms with Crippen molar-refractivity contribution in [1.29, 1.82) is 0 Å². The van der Waals surface area contributed by atoms with Crippen molar-refractivity contribution in [3.8, 4) is 0 Å². The van der Waals surface area contributed by atoms with Crippen LogP contribution in [0.5, 0.6) is 0 Å². The molecule has 0 unspecified atom stereocenters. The predicted molar refractivity (Wildman–Crippen MR) is 67.1 cm³/mol. The van der Waals surface area contributed by atoms with Crippen LogP contribution in [0.4, 0.5) is 0 Å². The van der Waals surface area contributed by atoms with Gasteiger partial charge in [0.1, 0.15) is 0 Å². The summed E-state index contributed by atoms with van der Waals surface area (Å²) < 4.78 is 1.94. The van der Waals surface area contributed by atoms with Gasteiger partial charge in [-0.05, 0) is 37.7 Å². The maximum Gasteiger partial charge on any atom is 0.178 e. The molecule has 0 bridgehead atoms. The van der Waals surface area contributed by atoms with E-state index in [2.05, 4.69) is 4.90 Å². The molecule has 0 aromatic carbocycles. The van der Waals surface area contributed by atoms with Crippen molar-refractivity contribution in [2.24, 2.45) is 13.0 Å². The fraction of sp³-hybridized carbons (Fsp3) is 0.643. The van der Waals surface area contributed by atoms with Crippen molar-refractivity contribution in [2.75, 3.05) is 13.1 Å². The van der Waals surface area contributed by atoms with E-state index in [0.29, 0.717) is 12.6 Å². The zero-order valence-electron chi connectivity index (χ0n) is 10.4. The second kappa shape index (κ2) is 4.30. The molecule has 2 fully saturated rings. The lowest BCUT2D eigenvalue weighted by molar-refractivity contribution is 0.0921. The second-order valence-electron chi connectivity index (χ2n) is 5.59. The highest BCUT2D eigenvalue weighted by Crippen LogP contribution is 2.34. The first-order valence-corrected chi connectivity index (χ1v) is 6.61. The van der Waals surface area contributed by atoms with E-state index in [4.69, 9.17) is 0 Å². The third-order valence-corrected chi connectivity index (χ3v) is 3.75. The first kappa shape index (κ1) is 11.0. The molecule has 0 spiro atoms. The number of carbonyl (C=O) groups is 1. The maximum absolute atomic E-state index is 12.1. The summed E-state index contributed by atoms with van der Waals surface area (Å²) >= 11 is 0. The van der Waals surface area contributed by atoms with E-state index < -0.39 is 0 Å². The zero-order valence-corrected chi connectivity index (χ0v) is 10.4. The van der Waals surface area contributed by atoms with Crippen molar-refractivity contribution < 1.29 is 4.79 Å². The Bertz CT molecular complexity index is 416. The third-order valence-electron chi connectivity index (χ3n) is 3.75. The molecule has 3 rings (SSSR count). The van der Waals surface area contributed by atoms with E-state index >= 15 is 0 Å².